The molecular formula is C19H18F2N4O2. The van der Waals surface area contributed by atoms with Crippen molar-refractivity contribution in [3.63, 3.8) is 0 Å². The van der Waals surface area contributed by atoms with E-state index in [0.717, 1.165) is 12.5 Å². The van der Waals surface area contributed by atoms with Crippen molar-refractivity contribution in [2.45, 2.75) is 31.5 Å². The Morgan fingerprint density at radius 1 is 1.11 bits per heavy atom. The van der Waals surface area contributed by atoms with Crippen LogP contribution in [-0.2, 0) is 13.2 Å². The summed E-state index contributed by atoms with van der Waals surface area (Å²) in [4.78, 5) is 0. The maximum absolute atomic E-state index is 13.2. The van der Waals surface area contributed by atoms with Crippen molar-refractivity contribution in [3.8, 4) is 5.75 Å². The fourth-order valence-corrected chi connectivity index (χ4v) is 3.02. The Labute approximate surface area is 154 Å². The highest BCUT2D eigenvalue weighted by Crippen LogP contribution is 2.41. The number of nitrogens with zero attached hydrogens (tertiary/aromatic N) is 2. The Morgan fingerprint density at radius 2 is 1.85 bits per heavy atom. The summed E-state index contributed by atoms with van der Waals surface area (Å²) >= 11 is 0. The molecule has 1 aliphatic carbocycles. The van der Waals surface area contributed by atoms with Crippen LogP contribution in [0.1, 0.15) is 29.4 Å². The first-order valence-electron chi connectivity index (χ1n) is 8.56. The van der Waals surface area contributed by atoms with Gasteiger partial charge >= 0.3 is 6.01 Å². The molecule has 3 aromatic rings. The normalized spacial score (nSPS) is 18.4. The molecule has 0 unspecified atom stereocenters. The lowest BCUT2D eigenvalue weighted by Crippen LogP contribution is -2.17. The van der Waals surface area contributed by atoms with Gasteiger partial charge in [0.05, 0.1) is 6.54 Å². The van der Waals surface area contributed by atoms with Gasteiger partial charge in [0.2, 0.25) is 5.89 Å². The highest BCUT2D eigenvalue weighted by atomic mass is 19.1. The van der Waals surface area contributed by atoms with E-state index in [1.807, 2.05) is 24.3 Å². The number of rotatable bonds is 7. The fourth-order valence-electron chi connectivity index (χ4n) is 3.02. The first-order valence-corrected chi connectivity index (χ1v) is 8.56. The van der Waals surface area contributed by atoms with Gasteiger partial charge in [-0.3, -0.25) is 0 Å². The number of nitrogen functional groups attached to an aromatic ring is 1. The van der Waals surface area contributed by atoms with Crippen LogP contribution in [0.15, 0.2) is 46.9 Å². The van der Waals surface area contributed by atoms with Gasteiger partial charge in [-0.25, -0.2) is 8.78 Å². The number of nitrogens with two attached hydrogens (primary N) is 1. The Morgan fingerprint density at radius 3 is 2.52 bits per heavy atom. The number of nitrogens with one attached hydrogen (secondary N) is 1. The molecule has 1 saturated carbocycles. The van der Waals surface area contributed by atoms with E-state index < -0.39 is 11.6 Å². The van der Waals surface area contributed by atoms with Gasteiger partial charge in [0, 0.05) is 18.0 Å². The third kappa shape index (κ3) is 4.40. The second-order valence-corrected chi connectivity index (χ2v) is 6.50. The van der Waals surface area contributed by atoms with Crippen LogP contribution in [0, 0.1) is 11.6 Å². The van der Waals surface area contributed by atoms with Crippen LogP contribution in [0.5, 0.6) is 5.75 Å². The molecule has 1 aliphatic rings. The molecule has 0 amide bonds. The SMILES string of the molecule is Nc1nnc(CN[C@@H]2C[C@H]2c2ccc(OCc3cc(F)cc(F)c3)cc2)o1. The fraction of sp³-hybridized carbons (Fsp3) is 0.263. The zero-order valence-corrected chi connectivity index (χ0v) is 14.4. The third-order valence-corrected chi connectivity index (χ3v) is 4.42. The molecule has 1 heterocycles. The maximum atomic E-state index is 13.2. The van der Waals surface area contributed by atoms with Gasteiger partial charge in [-0.15, -0.1) is 5.10 Å². The number of anilines is 1. The monoisotopic (exact) mass is 372 g/mol. The highest BCUT2D eigenvalue weighted by Gasteiger charge is 2.38. The quantitative estimate of drug-likeness (QED) is 0.663. The van der Waals surface area contributed by atoms with E-state index in [0.29, 0.717) is 35.7 Å². The van der Waals surface area contributed by atoms with Crippen molar-refractivity contribution < 1.29 is 17.9 Å². The summed E-state index contributed by atoms with van der Waals surface area (Å²) in [5, 5.41) is 10.8. The van der Waals surface area contributed by atoms with E-state index in [2.05, 4.69) is 15.5 Å². The largest absolute Gasteiger partial charge is 0.489 e. The number of ether oxygens (including phenoxy) is 1. The molecule has 3 N–H and O–H groups in total. The molecule has 2 aromatic carbocycles. The molecule has 140 valence electrons. The summed E-state index contributed by atoms with van der Waals surface area (Å²) in [5.41, 5.74) is 7.04. The average molecular weight is 372 g/mol. The van der Waals surface area contributed by atoms with Gasteiger partial charge in [-0.1, -0.05) is 17.2 Å². The number of hydrogen-bond donors (Lipinski definition) is 2. The lowest BCUT2D eigenvalue weighted by atomic mass is 10.1. The van der Waals surface area contributed by atoms with E-state index in [1.165, 1.54) is 17.7 Å². The Bertz CT molecular complexity index is 909. The molecule has 6 nitrogen and oxygen atoms in total. The molecule has 0 bridgehead atoms. The molecular weight excluding hydrogens is 354 g/mol. The summed E-state index contributed by atoms with van der Waals surface area (Å²) < 4.78 is 37.1. The Hall–Kier alpha value is -3.00. The van der Waals surface area contributed by atoms with Gasteiger partial charge in [0.25, 0.3) is 0 Å². The molecule has 8 heteroatoms. The number of halogens is 2. The smallest absolute Gasteiger partial charge is 0.312 e. The third-order valence-electron chi connectivity index (χ3n) is 4.42. The van der Waals surface area contributed by atoms with Crippen LogP contribution < -0.4 is 15.8 Å². The maximum Gasteiger partial charge on any atom is 0.312 e. The van der Waals surface area contributed by atoms with E-state index >= 15 is 0 Å². The van der Waals surface area contributed by atoms with Crippen molar-refractivity contribution >= 4 is 6.01 Å². The highest BCUT2D eigenvalue weighted by molar-refractivity contribution is 5.34. The van der Waals surface area contributed by atoms with Crippen LogP contribution in [0.4, 0.5) is 14.8 Å². The van der Waals surface area contributed by atoms with Crippen LogP contribution >= 0.6 is 0 Å². The lowest BCUT2D eigenvalue weighted by Gasteiger charge is -2.08. The minimum atomic E-state index is -0.612. The molecule has 0 saturated heterocycles. The number of benzene rings is 2. The molecule has 1 fully saturated rings. The summed E-state index contributed by atoms with van der Waals surface area (Å²) in [7, 11) is 0. The van der Waals surface area contributed by atoms with Gasteiger partial charge in [0.15, 0.2) is 0 Å². The van der Waals surface area contributed by atoms with Crippen molar-refractivity contribution in [2.75, 3.05) is 5.73 Å². The zero-order valence-electron chi connectivity index (χ0n) is 14.4. The van der Waals surface area contributed by atoms with Gasteiger partial charge in [-0.2, -0.15) is 0 Å². The lowest BCUT2D eigenvalue weighted by molar-refractivity contribution is 0.304. The van der Waals surface area contributed by atoms with Crippen LogP contribution in [0.3, 0.4) is 0 Å². The molecule has 0 radical (unpaired) electrons. The van der Waals surface area contributed by atoms with Crippen molar-refractivity contribution in [1.29, 1.82) is 0 Å². The molecule has 0 aliphatic heterocycles. The minimum Gasteiger partial charge on any atom is -0.489 e. The summed E-state index contributed by atoms with van der Waals surface area (Å²) in [6, 6.07) is 11.5. The molecule has 1 aromatic heterocycles. The van der Waals surface area contributed by atoms with Crippen LogP contribution in [0.25, 0.3) is 0 Å². The van der Waals surface area contributed by atoms with Crippen molar-refractivity contribution in [1.82, 2.24) is 15.5 Å². The predicted octanol–water partition coefficient (Wildman–Crippen LogP) is 3.15. The van der Waals surface area contributed by atoms with Crippen LogP contribution in [-0.4, -0.2) is 16.2 Å². The summed E-state index contributed by atoms with van der Waals surface area (Å²) in [5.74, 6) is 0.307. The zero-order chi connectivity index (χ0) is 18.8. The molecule has 4 rings (SSSR count). The van der Waals surface area contributed by atoms with Gasteiger partial charge in [-0.05, 0) is 41.8 Å². The predicted molar refractivity (Wildman–Crippen MR) is 93.8 cm³/mol. The average Bonchev–Trinajstić information content (AvgIpc) is 3.30. The minimum absolute atomic E-state index is 0.0655. The topological polar surface area (TPSA) is 86.2 Å². The van der Waals surface area contributed by atoms with Crippen molar-refractivity contribution in [3.05, 3.63) is 71.1 Å². The first-order chi connectivity index (χ1) is 13.1. The van der Waals surface area contributed by atoms with E-state index in [-0.39, 0.29) is 12.6 Å². The summed E-state index contributed by atoms with van der Waals surface area (Å²) in [6.07, 6.45) is 1.02. The number of aromatic nitrogens is 2. The molecule has 0 spiro atoms. The molecule has 2 atom stereocenters. The van der Waals surface area contributed by atoms with E-state index in [1.54, 1.807) is 0 Å². The van der Waals surface area contributed by atoms with E-state index in [9.17, 15) is 8.78 Å². The molecule has 27 heavy (non-hydrogen) atoms. The van der Waals surface area contributed by atoms with Gasteiger partial charge < -0.3 is 20.2 Å². The number of hydrogen-bond acceptors (Lipinski definition) is 6. The first kappa shape index (κ1) is 17.4. The Kier molecular flexibility index (Phi) is 4.72. The van der Waals surface area contributed by atoms with E-state index in [4.69, 9.17) is 14.9 Å². The summed E-state index contributed by atoms with van der Waals surface area (Å²) in [6.45, 7) is 0.589. The Balaban J connectivity index is 1.28. The standard InChI is InChI=1S/C19H18F2N4O2/c20-13-5-11(6-14(21)7-13)10-26-15-3-1-12(2-4-15)16-8-17(16)23-9-18-24-25-19(22)27-18/h1-7,16-17,23H,8-10H2,(H2,22,25)/t16-,17+/m0/s1. The van der Waals surface area contributed by atoms with Gasteiger partial charge in [0.1, 0.15) is 24.0 Å². The second-order valence-electron chi connectivity index (χ2n) is 6.50. The van der Waals surface area contributed by atoms with Crippen LogP contribution in [0.2, 0.25) is 0 Å². The second kappa shape index (κ2) is 7.32. The van der Waals surface area contributed by atoms with Crippen molar-refractivity contribution in [2.24, 2.45) is 0 Å².